The lowest BCUT2D eigenvalue weighted by Gasteiger charge is -2.29. The summed E-state index contributed by atoms with van der Waals surface area (Å²) in [6.45, 7) is 3.63. The van der Waals surface area contributed by atoms with E-state index in [4.69, 9.17) is 4.74 Å². The lowest BCUT2D eigenvalue weighted by atomic mass is 9.98. The minimum absolute atomic E-state index is 0.296. The molecule has 3 nitrogen and oxygen atoms in total. The molecule has 1 saturated carbocycles. The molecule has 1 saturated heterocycles. The molecule has 1 aliphatic heterocycles. The Morgan fingerprint density at radius 1 is 1.00 bits per heavy atom. The topological polar surface area (TPSA) is 32.7 Å². The number of likely N-dealkylation sites (tertiary alicyclic amines) is 1. The van der Waals surface area contributed by atoms with Crippen LogP contribution in [0.15, 0.2) is 0 Å². The van der Waals surface area contributed by atoms with Crippen molar-refractivity contribution in [3.63, 3.8) is 0 Å². The fourth-order valence-corrected chi connectivity index (χ4v) is 2.97. The maximum absolute atomic E-state index is 9.97. The maximum atomic E-state index is 9.97. The fraction of sp³-hybridized carbons (Fsp3) is 1.00. The van der Waals surface area contributed by atoms with E-state index in [-0.39, 0.29) is 6.10 Å². The van der Waals surface area contributed by atoms with Crippen LogP contribution in [0.4, 0.5) is 0 Å². The highest BCUT2D eigenvalue weighted by Crippen LogP contribution is 2.20. The molecule has 0 spiro atoms. The van der Waals surface area contributed by atoms with Crippen LogP contribution in [-0.4, -0.2) is 48.5 Å². The van der Waals surface area contributed by atoms with E-state index in [1.807, 2.05) is 0 Å². The van der Waals surface area contributed by atoms with Crippen LogP contribution in [0, 0.1) is 0 Å². The zero-order valence-electron chi connectivity index (χ0n) is 10.9. The molecule has 0 unspecified atom stereocenters. The molecule has 2 aliphatic rings. The predicted molar refractivity (Wildman–Crippen MR) is 69.1 cm³/mol. The van der Waals surface area contributed by atoms with Crippen molar-refractivity contribution in [1.82, 2.24) is 4.90 Å². The van der Waals surface area contributed by atoms with Crippen molar-refractivity contribution >= 4 is 0 Å². The highest BCUT2D eigenvalue weighted by atomic mass is 16.5. The van der Waals surface area contributed by atoms with Gasteiger partial charge in [0.05, 0.1) is 18.8 Å². The number of hydrogen-bond acceptors (Lipinski definition) is 3. The summed E-state index contributed by atoms with van der Waals surface area (Å²) in [7, 11) is 0. The Morgan fingerprint density at radius 3 is 2.35 bits per heavy atom. The summed E-state index contributed by atoms with van der Waals surface area (Å²) in [5.74, 6) is 0. The van der Waals surface area contributed by atoms with Gasteiger partial charge >= 0.3 is 0 Å². The zero-order valence-corrected chi connectivity index (χ0v) is 10.9. The van der Waals surface area contributed by atoms with Crippen molar-refractivity contribution in [2.45, 2.75) is 63.6 Å². The molecule has 0 bridgehead atoms. The molecule has 1 N–H and O–H groups in total. The maximum Gasteiger partial charge on any atom is 0.0900 e. The van der Waals surface area contributed by atoms with E-state index in [9.17, 15) is 5.11 Å². The summed E-state index contributed by atoms with van der Waals surface area (Å²) >= 11 is 0. The molecule has 1 aliphatic carbocycles. The van der Waals surface area contributed by atoms with E-state index in [2.05, 4.69) is 4.90 Å². The largest absolute Gasteiger partial charge is 0.389 e. The third-order valence-electron chi connectivity index (χ3n) is 3.99. The molecular weight excluding hydrogens is 214 g/mol. The van der Waals surface area contributed by atoms with E-state index in [0.29, 0.717) is 12.7 Å². The standard InChI is InChI=1S/C14H27NO2/c16-13(11-15-9-5-2-6-10-15)12-17-14-7-3-1-4-8-14/h13-14,16H,1-12H2/t13-/m1/s1. The van der Waals surface area contributed by atoms with Crippen LogP contribution in [-0.2, 0) is 4.74 Å². The minimum atomic E-state index is -0.296. The molecule has 1 atom stereocenters. The first kappa shape index (κ1) is 13.3. The lowest BCUT2D eigenvalue weighted by Crippen LogP contribution is -2.38. The van der Waals surface area contributed by atoms with Gasteiger partial charge in [-0.15, -0.1) is 0 Å². The van der Waals surface area contributed by atoms with Crippen LogP contribution in [0.1, 0.15) is 51.4 Å². The van der Waals surface area contributed by atoms with Gasteiger partial charge in [-0.2, -0.15) is 0 Å². The Balaban J connectivity index is 1.57. The second-order valence-corrected chi connectivity index (χ2v) is 5.61. The summed E-state index contributed by atoms with van der Waals surface area (Å²) in [5, 5.41) is 9.97. The number of piperidine rings is 1. The number of hydrogen-bond donors (Lipinski definition) is 1. The van der Waals surface area contributed by atoms with E-state index < -0.39 is 0 Å². The van der Waals surface area contributed by atoms with E-state index in [0.717, 1.165) is 19.6 Å². The number of aliphatic hydroxyl groups is 1. The molecule has 2 rings (SSSR count). The van der Waals surface area contributed by atoms with E-state index in [1.54, 1.807) is 0 Å². The van der Waals surface area contributed by atoms with Gasteiger partial charge in [0.15, 0.2) is 0 Å². The number of β-amino-alcohol motifs (C(OH)–C–C–N with tert-alkyl or cyclic N) is 1. The summed E-state index contributed by atoms with van der Waals surface area (Å²) in [6, 6.07) is 0. The second kappa shape index (κ2) is 7.34. The molecule has 0 aromatic rings. The van der Waals surface area contributed by atoms with Gasteiger partial charge < -0.3 is 14.7 Å². The summed E-state index contributed by atoms with van der Waals surface area (Å²) in [6.07, 6.45) is 10.4. The Kier molecular flexibility index (Phi) is 5.75. The molecule has 3 heteroatoms. The molecule has 0 radical (unpaired) electrons. The van der Waals surface area contributed by atoms with Gasteiger partial charge in [-0.3, -0.25) is 0 Å². The van der Waals surface area contributed by atoms with Gasteiger partial charge in [0.25, 0.3) is 0 Å². The Labute approximate surface area is 105 Å². The molecule has 2 fully saturated rings. The fourth-order valence-electron chi connectivity index (χ4n) is 2.97. The van der Waals surface area contributed by atoms with Gasteiger partial charge in [-0.25, -0.2) is 0 Å². The van der Waals surface area contributed by atoms with Gasteiger partial charge in [-0.1, -0.05) is 25.7 Å². The Hall–Kier alpha value is -0.120. The molecular formula is C14H27NO2. The Morgan fingerprint density at radius 2 is 1.65 bits per heavy atom. The van der Waals surface area contributed by atoms with E-state index >= 15 is 0 Å². The molecule has 0 amide bonds. The monoisotopic (exact) mass is 241 g/mol. The zero-order chi connectivity index (χ0) is 11.9. The van der Waals surface area contributed by atoms with Gasteiger partial charge in [0.2, 0.25) is 0 Å². The molecule has 100 valence electrons. The van der Waals surface area contributed by atoms with Crippen molar-refractivity contribution < 1.29 is 9.84 Å². The quantitative estimate of drug-likeness (QED) is 0.801. The number of rotatable bonds is 5. The SMILES string of the molecule is O[C@@H](COC1CCCCC1)CN1CCCCC1. The average molecular weight is 241 g/mol. The van der Waals surface area contributed by atoms with Gasteiger partial charge in [0.1, 0.15) is 0 Å². The second-order valence-electron chi connectivity index (χ2n) is 5.61. The third-order valence-corrected chi connectivity index (χ3v) is 3.99. The molecule has 17 heavy (non-hydrogen) atoms. The molecule has 0 aromatic heterocycles. The molecule has 0 aromatic carbocycles. The van der Waals surface area contributed by atoms with Crippen LogP contribution in [0.3, 0.4) is 0 Å². The van der Waals surface area contributed by atoms with Crippen LogP contribution >= 0.6 is 0 Å². The Bertz CT molecular complexity index is 198. The summed E-state index contributed by atoms with van der Waals surface area (Å²) in [4.78, 5) is 2.37. The highest BCUT2D eigenvalue weighted by molar-refractivity contribution is 4.70. The number of aliphatic hydroxyl groups excluding tert-OH is 1. The first-order valence-electron chi connectivity index (χ1n) is 7.36. The third kappa shape index (κ3) is 4.94. The van der Waals surface area contributed by atoms with Crippen molar-refractivity contribution in [3.8, 4) is 0 Å². The predicted octanol–water partition coefficient (Wildman–Crippen LogP) is 2.18. The number of ether oxygens (including phenoxy) is 1. The smallest absolute Gasteiger partial charge is 0.0900 e. The summed E-state index contributed by atoms with van der Waals surface area (Å²) < 4.78 is 5.81. The van der Waals surface area contributed by atoms with Crippen molar-refractivity contribution in [3.05, 3.63) is 0 Å². The van der Waals surface area contributed by atoms with E-state index in [1.165, 1.54) is 51.4 Å². The molecule has 1 heterocycles. The van der Waals surface area contributed by atoms with Crippen LogP contribution in [0.25, 0.3) is 0 Å². The highest BCUT2D eigenvalue weighted by Gasteiger charge is 2.18. The first-order chi connectivity index (χ1) is 8.34. The summed E-state index contributed by atoms with van der Waals surface area (Å²) in [5.41, 5.74) is 0. The van der Waals surface area contributed by atoms with Crippen molar-refractivity contribution in [2.75, 3.05) is 26.2 Å². The van der Waals surface area contributed by atoms with Crippen molar-refractivity contribution in [1.29, 1.82) is 0 Å². The van der Waals surface area contributed by atoms with Crippen LogP contribution in [0.5, 0.6) is 0 Å². The lowest BCUT2D eigenvalue weighted by molar-refractivity contribution is -0.0346. The first-order valence-corrected chi connectivity index (χ1v) is 7.36. The normalized spacial score (nSPS) is 25.9. The van der Waals surface area contributed by atoms with Gasteiger partial charge in [0, 0.05) is 6.54 Å². The van der Waals surface area contributed by atoms with Crippen LogP contribution in [0.2, 0.25) is 0 Å². The number of nitrogens with zero attached hydrogens (tertiary/aromatic N) is 1. The van der Waals surface area contributed by atoms with Crippen LogP contribution < -0.4 is 0 Å². The van der Waals surface area contributed by atoms with Gasteiger partial charge in [-0.05, 0) is 38.8 Å². The average Bonchev–Trinajstić information content (AvgIpc) is 2.39. The minimum Gasteiger partial charge on any atom is -0.389 e. The van der Waals surface area contributed by atoms with Crippen molar-refractivity contribution in [2.24, 2.45) is 0 Å².